The molecule has 0 radical (unpaired) electrons. The van der Waals surface area contributed by atoms with Crippen molar-refractivity contribution in [3.05, 3.63) is 52.5 Å². The first-order valence-electron chi connectivity index (χ1n) is 5.84. The van der Waals surface area contributed by atoms with Crippen LogP contribution in [0, 0.1) is 11.3 Å². The Bertz CT molecular complexity index is 744. The van der Waals surface area contributed by atoms with Crippen molar-refractivity contribution in [1.29, 1.82) is 5.26 Å². The summed E-state index contributed by atoms with van der Waals surface area (Å²) in [6.45, 7) is 0. The third-order valence-corrected chi connectivity index (χ3v) is 4.35. The maximum atomic E-state index is 9.03. The molecule has 3 aromatic rings. The summed E-state index contributed by atoms with van der Waals surface area (Å²) < 4.78 is 5.22. The van der Waals surface area contributed by atoms with Crippen molar-refractivity contribution in [3.8, 4) is 17.5 Å². The minimum atomic E-state index is 0.537. The van der Waals surface area contributed by atoms with Crippen LogP contribution >= 0.6 is 23.1 Å². The van der Waals surface area contributed by atoms with Gasteiger partial charge in [-0.15, -0.1) is 11.8 Å². The minimum absolute atomic E-state index is 0.537. The summed E-state index contributed by atoms with van der Waals surface area (Å²) in [5.74, 6) is 1.74. The van der Waals surface area contributed by atoms with E-state index in [4.69, 9.17) is 9.78 Å². The SMILES string of the molecule is N#Cc1ccccc1SCc1noc(-c2ccsc2)n1. The molecule has 0 aliphatic heterocycles. The molecule has 2 aromatic heterocycles. The van der Waals surface area contributed by atoms with Crippen molar-refractivity contribution in [3.63, 3.8) is 0 Å². The second-order valence-electron chi connectivity index (χ2n) is 3.92. The summed E-state index contributed by atoms with van der Waals surface area (Å²) in [7, 11) is 0. The number of benzene rings is 1. The first-order chi connectivity index (χ1) is 9.86. The molecule has 0 amide bonds. The Labute approximate surface area is 124 Å². The van der Waals surface area contributed by atoms with E-state index in [2.05, 4.69) is 16.2 Å². The minimum Gasteiger partial charge on any atom is -0.334 e. The predicted octanol–water partition coefficient (Wildman–Crippen LogP) is 3.96. The van der Waals surface area contributed by atoms with Crippen molar-refractivity contribution in [1.82, 2.24) is 10.1 Å². The summed E-state index contributed by atoms with van der Waals surface area (Å²) in [4.78, 5) is 5.28. The third-order valence-electron chi connectivity index (χ3n) is 2.60. The summed E-state index contributed by atoms with van der Waals surface area (Å²) in [6.07, 6.45) is 0. The molecule has 0 aliphatic carbocycles. The zero-order valence-electron chi connectivity index (χ0n) is 10.3. The quantitative estimate of drug-likeness (QED) is 0.682. The second kappa shape index (κ2) is 5.90. The van der Waals surface area contributed by atoms with Crippen LogP contribution in [0.4, 0.5) is 0 Å². The topological polar surface area (TPSA) is 62.7 Å². The smallest absolute Gasteiger partial charge is 0.258 e. The third kappa shape index (κ3) is 2.74. The van der Waals surface area contributed by atoms with Crippen molar-refractivity contribution >= 4 is 23.1 Å². The summed E-state index contributed by atoms with van der Waals surface area (Å²) >= 11 is 3.12. The van der Waals surface area contributed by atoms with Gasteiger partial charge in [-0.2, -0.15) is 21.6 Å². The van der Waals surface area contributed by atoms with E-state index in [-0.39, 0.29) is 0 Å². The largest absolute Gasteiger partial charge is 0.334 e. The molecule has 0 saturated carbocycles. The van der Waals surface area contributed by atoms with Gasteiger partial charge in [0.05, 0.1) is 16.9 Å². The van der Waals surface area contributed by atoms with E-state index in [0.717, 1.165) is 10.5 Å². The second-order valence-corrected chi connectivity index (χ2v) is 5.72. The fourth-order valence-electron chi connectivity index (χ4n) is 1.64. The van der Waals surface area contributed by atoms with Gasteiger partial charge in [0.2, 0.25) is 0 Å². The maximum Gasteiger partial charge on any atom is 0.258 e. The van der Waals surface area contributed by atoms with Crippen molar-refractivity contribution in [2.24, 2.45) is 0 Å². The molecule has 4 nitrogen and oxygen atoms in total. The van der Waals surface area contributed by atoms with Gasteiger partial charge in [-0.3, -0.25) is 0 Å². The number of thiophene rings is 1. The number of hydrogen-bond acceptors (Lipinski definition) is 6. The van der Waals surface area contributed by atoms with Gasteiger partial charge >= 0.3 is 0 Å². The Morgan fingerprint density at radius 3 is 3.00 bits per heavy atom. The molecule has 3 rings (SSSR count). The Morgan fingerprint density at radius 1 is 1.30 bits per heavy atom. The fraction of sp³-hybridized carbons (Fsp3) is 0.0714. The van der Waals surface area contributed by atoms with E-state index in [9.17, 15) is 0 Å². The van der Waals surface area contributed by atoms with Crippen molar-refractivity contribution in [2.45, 2.75) is 10.6 Å². The van der Waals surface area contributed by atoms with E-state index in [0.29, 0.717) is 23.0 Å². The average molecular weight is 299 g/mol. The molecule has 20 heavy (non-hydrogen) atoms. The molecular formula is C14H9N3OS2. The van der Waals surface area contributed by atoms with Crippen LogP contribution in [0.1, 0.15) is 11.4 Å². The number of nitriles is 1. The number of rotatable bonds is 4. The van der Waals surface area contributed by atoms with E-state index in [1.165, 1.54) is 11.8 Å². The summed E-state index contributed by atoms with van der Waals surface area (Å²) in [6, 6.07) is 11.6. The van der Waals surface area contributed by atoms with Crippen molar-refractivity contribution < 1.29 is 4.52 Å². The molecule has 0 atom stereocenters. The Kier molecular flexibility index (Phi) is 3.81. The molecule has 2 heterocycles. The van der Waals surface area contributed by atoms with Gasteiger partial charge in [0.25, 0.3) is 5.89 Å². The molecule has 0 bridgehead atoms. The van der Waals surface area contributed by atoms with Crippen LogP contribution in [-0.2, 0) is 5.75 Å². The molecule has 0 aliphatic rings. The molecular weight excluding hydrogens is 290 g/mol. The van der Waals surface area contributed by atoms with E-state index < -0.39 is 0 Å². The lowest BCUT2D eigenvalue weighted by Crippen LogP contribution is -1.86. The van der Waals surface area contributed by atoms with Gasteiger partial charge in [0.1, 0.15) is 6.07 Å². The van der Waals surface area contributed by atoms with Crippen molar-refractivity contribution in [2.75, 3.05) is 0 Å². The number of nitrogens with zero attached hydrogens (tertiary/aromatic N) is 3. The first kappa shape index (κ1) is 12.9. The lowest BCUT2D eigenvalue weighted by Gasteiger charge is -2.00. The highest BCUT2D eigenvalue weighted by atomic mass is 32.2. The van der Waals surface area contributed by atoms with Gasteiger partial charge in [-0.25, -0.2) is 0 Å². The highest BCUT2D eigenvalue weighted by Crippen LogP contribution is 2.26. The van der Waals surface area contributed by atoms with Gasteiger partial charge in [-0.1, -0.05) is 17.3 Å². The van der Waals surface area contributed by atoms with Crippen LogP contribution < -0.4 is 0 Å². The molecule has 0 spiro atoms. The normalized spacial score (nSPS) is 10.3. The van der Waals surface area contributed by atoms with E-state index in [1.54, 1.807) is 17.4 Å². The highest BCUT2D eigenvalue weighted by Gasteiger charge is 2.10. The number of aromatic nitrogens is 2. The molecule has 6 heteroatoms. The van der Waals surface area contributed by atoms with Gasteiger partial charge in [-0.05, 0) is 23.6 Å². The maximum absolute atomic E-state index is 9.03. The zero-order valence-corrected chi connectivity index (χ0v) is 11.9. The highest BCUT2D eigenvalue weighted by molar-refractivity contribution is 7.98. The van der Waals surface area contributed by atoms with Gasteiger partial charge in [0.15, 0.2) is 5.82 Å². The number of thioether (sulfide) groups is 1. The average Bonchev–Trinajstić information content (AvgIpc) is 3.16. The zero-order chi connectivity index (χ0) is 13.8. The molecule has 0 N–H and O–H groups in total. The lowest BCUT2D eigenvalue weighted by molar-refractivity contribution is 0.425. The molecule has 0 unspecified atom stereocenters. The predicted molar refractivity (Wildman–Crippen MR) is 78.3 cm³/mol. The Hall–Kier alpha value is -2.10. The standard InChI is InChI=1S/C14H9N3OS2/c15-7-10-3-1-2-4-12(10)20-9-13-16-14(18-17-13)11-5-6-19-8-11/h1-6,8H,9H2. The van der Waals surface area contributed by atoms with Crippen LogP contribution in [-0.4, -0.2) is 10.1 Å². The van der Waals surface area contributed by atoms with Crippen LogP contribution in [0.3, 0.4) is 0 Å². The van der Waals surface area contributed by atoms with E-state index >= 15 is 0 Å². The molecule has 98 valence electrons. The van der Waals surface area contributed by atoms with Gasteiger partial charge < -0.3 is 4.52 Å². The van der Waals surface area contributed by atoms with Crippen LogP contribution in [0.15, 0.2) is 50.5 Å². The van der Waals surface area contributed by atoms with Crippen LogP contribution in [0.2, 0.25) is 0 Å². The van der Waals surface area contributed by atoms with Crippen LogP contribution in [0.5, 0.6) is 0 Å². The number of hydrogen-bond donors (Lipinski definition) is 0. The molecule has 1 aromatic carbocycles. The van der Waals surface area contributed by atoms with Crippen LogP contribution in [0.25, 0.3) is 11.5 Å². The first-order valence-corrected chi connectivity index (χ1v) is 7.77. The monoisotopic (exact) mass is 299 g/mol. The molecule has 0 saturated heterocycles. The lowest BCUT2D eigenvalue weighted by atomic mass is 10.2. The summed E-state index contributed by atoms with van der Waals surface area (Å²) in [5, 5.41) is 16.9. The van der Waals surface area contributed by atoms with Gasteiger partial charge in [0, 0.05) is 10.3 Å². The van der Waals surface area contributed by atoms with E-state index in [1.807, 2.05) is 35.0 Å². The Balaban J connectivity index is 1.72. The molecule has 0 fully saturated rings. The summed E-state index contributed by atoms with van der Waals surface area (Å²) in [5.41, 5.74) is 1.61. The fourth-order valence-corrected chi connectivity index (χ4v) is 3.12. The Morgan fingerprint density at radius 2 is 2.20 bits per heavy atom.